The summed E-state index contributed by atoms with van der Waals surface area (Å²) in [5.41, 5.74) is 0.593. The topological polar surface area (TPSA) is 177 Å². The van der Waals surface area contributed by atoms with Crippen LogP contribution in [0.3, 0.4) is 0 Å². The molecule has 2 aliphatic heterocycles. The van der Waals surface area contributed by atoms with E-state index in [1.807, 2.05) is 0 Å². The van der Waals surface area contributed by atoms with Gasteiger partial charge in [-0.1, -0.05) is 24.3 Å². The highest BCUT2D eigenvalue weighted by Crippen LogP contribution is 2.42. The van der Waals surface area contributed by atoms with Gasteiger partial charge in [-0.3, -0.25) is 4.79 Å². The van der Waals surface area contributed by atoms with Crippen molar-refractivity contribution in [1.29, 1.82) is 0 Å². The van der Waals surface area contributed by atoms with Crippen molar-refractivity contribution in [3.63, 3.8) is 0 Å². The molecule has 166 valence electrons. The molecule has 2 heterocycles. The molecule has 0 aromatic heterocycles. The molecule has 7 atom stereocenters. The molecule has 10 nitrogen and oxygen atoms in total. The van der Waals surface area contributed by atoms with E-state index in [1.54, 1.807) is 0 Å². The Kier molecular flexibility index (Phi) is 5.60. The summed E-state index contributed by atoms with van der Waals surface area (Å²) in [5.74, 6) is -1.65. The molecule has 2 aromatic rings. The minimum Gasteiger partial charge on any atom is -0.508 e. The van der Waals surface area contributed by atoms with Crippen molar-refractivity contribution in [2.75, 3.05) is 6.61 Å². The number of carbonyl (C=O) groups is 1. The van der Waals surface area contributed by atoms with Gasteiger partial charge in [0.2, 0.25) is 5.78 Å². The number of benzene rings is 2. The Labute approximate surface area is 176 Å². The van der Waals surface area contributed by atoms with Crippen LogP contribution in [0.25, 0.3) is 0 Å². The van der Waals surface area contributed by atoms with Crippen molar-refractivity contribution >= 4 is 5.78 Å². The van der Waals surface area contributed by atoms with Crippen molar-refractivity contribution in [3.05, 3.63) is 53.1 Å². The summed E-state index contributed by atoms with van der Waals surface area (Å²) >= 11 is 0. The zero-order valence-corrected chi connectivity index (χ0v) is 16.1. The Morgan fingerprint density at radius 1 is 0.839 bits per heavy atom. The standard InChI is InChI=1S/C21H22O10/c22-7-13-15(25)17(27)19(29)21(31-13)9-3-1-8(2-4-9)20-18(28)16(26)14-11(24)5-10(23)6-12(14)30-20/h1-6,13,15,17-25,27-29H,7H2. The van der Waals surface area contributed by atoms with Gasteiger partial charge in [-0.15, -0.1) is 0 Å². The van der Waals surface area contributed by atoms with Gasteiger partial charge in [0.15, 0.2) is 12.2 Å². The molecule has 31 heavy (non-hydrogen) atoms. The van der Waals surface area contributed by atoms with Crippen molar-refractivity contribution < 1.29 is 50.0 Å². The number of aliphatic hydroxyl groups is 5. The lowest BCUT2D eigenvalue weighted by Gasteiger charge is -2.40. The van der Waals surface area contributed by atoms with Crippen molar-refractivity contribution in [1.82, 2.24) is 0 Å². The quantitative estimate of drug-likeness (QED) is 0.326. The molecule has 10 heteroatoms. The molecule has 1 fully saturated rings. The predicted molar refractivity (Wildman–Crippen MR) is 103 cm³/mol. The normalized spacial score (nSPS) is 32.9. The molecule has 7 N–H and O–H groups in total. The fraction of sp³-hybridized carbons (Fsp3) is 0.381. The molecule has 0 saturated carbocycles. The van der Waals surface area contributed by atoms with Crippen molar-refractivity contribution in [2.45, 2.75) is 42.7 Å². The summed E-state index contributed by atoms with van der Waals surface area (Å²) in [6.07, 6.45) is -9.25. The molecule has 7 unspecified atom stereocenters. The Balaban J connectivity index is 1.60. The number of hydrogen-bond donors (Lipinski definition) is 7. The monoisotopic (exact) mass is 434 g/mol. The van der Waals surface area contributed by atoms with E-state index in [-0.39, 0.29) is 17.1 Å². The molecular weight excluding hydrogens is 412 g/mol. The van der Waals surface area contributed by atoms with Crippen molar-refractivity contribution in [3.8, 4) is 17.2 Å². The highest BCUT2D eigenvalue weighted by molar-refractivity contribution is 6.05. The average Bonchev–Trinajstić information content (AvgIpc) is 2.74. The SMILES string of the molecule is O=C1c2c(O)cc(O)cc2OC(c2ccc(C3OC(CO)C(O)C(O)C3O)cc2)C1O. The molecular formula is C21H22O10. The number of aromatic hydroxyl groups is 2. The third-order valence-electron chi connectivity index (χ3n) is 5.61. The van der Waals surface area contributed by atoms with Gasteiger partial charge in [-0.05, 0) is 11.1 Å². The lowest BCUT2D eigenvalue weighted by atomic mass is 9.89. The van der Waals surface area contributed by atoms with Crippen LogP contribution < -0.4 is 4.74 Å². The first-order valence-corrected chi connectivity index (χ1v) is 9.58. The minimum absolute atomic E-state index is 0.0733. The van der Waals surface area contributed by atoms with E-state index in [4.69, 9.17) is 9.47 Å². The van der Waals surface area contributed by atoms with Crippen LogP contribution in [-0.4, -0.2) is 78.7 Å². The summed E-state index contributed by atoms with van der Waals surface area (Å²) in [6.45, 7) is -0.553. The van der Waals surface area contributed by atoms with Gasteiger partial charge >= 0.3 is 0 Å². The first-order valence-electron chi connectivity index (χ1n) is 9.58. The second-order valence-corrected chi connectivity index (χ2v) is 7.60. The number of phenolic OH excluding ortho intramolecular Hbond substituents is 2. The van der Waals surface area contributed by atoms with Crippen LogP contribution in [0.4, 0.5) is 0 Å². The Bertz CT molecular complexity index is 973. The fourth-order valence-electron chi connectivity index (χ4n) is 3.92. The van der Waals surface area contributed by atoms with Gasteiger partial charge in [-0.2, -0.15) is 0 Å². The first-order chi connectivity index (χ1) is 14.7. The van der Waals surface area contributed by atoms with Crippen LogP contribution in [-0.2, 0) is 4.74 Å². The highest BCUT2D eigenvalue weighted by atomic mass is 16.5. The first kappa shape index (κ1) is 21.5. The number of rotatable bonds is 3. The van der Waals surface area contributed by atoms with Gasteiger partial charge in [0, 0.05) is 12.1 Å². The molecule has 0 bridgehead atoms. The van der Waals surface area contributed by atoms with Crippen LogP contribution in [0.15, 0.2) is 36.4 Å². The number of aliphatic hydroxyl groups excluding tert-OH is 5. The molecule has 0 aliphatic carbocycles. The zero-order valence-electron chi connectivity index (χ0n) is 16.1. The van der Waals surface area contributed by atoms with Gasteiger partial charge in [-0.25, -0.2) is 0 Å². The van der Waals surface area contributed by atoms with E-state index in [9.17, 15) is 40.5 Å². The zero-order chi connectivity index (χ0) is 22.4. The number of ether oxygens (including phenoxy) is 2. The maximum absolute atomic E-state index is 12.5. The Hall–Kier alpha value is -2.73. The van der Waals surface area contributed by atoms with Crippen LogP contribution in [0, 0.1) is 0 Å². The Morgan fingerprint density at radius 2 is 1.45 bits per heavy atom. The lowest BCUT2D eigenvalue weighted by Crippen LogP contribution is -2.55. The number of hydrogen-bond acceptors (Lipinski definition) is 10. The van der Waals surface area contributed by atoms with Gasteiger partial charge in [0.25, 0.3) is 0 Å². The van der Waals surface area contributed by atoms with Crippen LogP contribution in [0.5, 0.6) is 17.2 Å². The fourth-order valence-corrected chi connectivity index (χ4v) is 3.92. The van der Waals surface area contributed by atoms with E-state index < -0.39 is 60.9 Å². The van der Waals surface area contributed by atoms with Crippen LogP contribution in [0.2, 0.25) is 0 Å². The predicted octanol–water partition coefficient (Wildman–Crippen LogP) is -0.710. The smallest absolute Gasteiger partial charge is 0.202 e. The third-order valence-corrected chi connectivity index (χ3v) is 5.61. The van der Waals surface area contributed by atoms with E-state index in [0.29, 0.717) is 11.1 Å². The summed E-state index contributed by atoms with van der Waals surface area (Å²) in [6, 6.07) is 8.23. The van der Waals surface area contributed by atoms with E-state index in [1.165, 1.54) is 24.3 Å². The molecule has 0 amide bonds. The minimum atomic E-state index is -1.61. The van der Waals surface area contributed by atoms with E-state index >= 15 is 0 Å². The molecule has 2 aliphatic rings. The van der Waals surface area contributed by atoms with Gasteiger partial charge in [0.1, 0.15) is 53.3 Å². The summed E-state index contributed by atoms with van der Waals surface area (Å²) < 4.78 is 11.2. The van der Waals surface area contributed by atoms with E-state index in [2.05, 4.69) is 0 Å². The molecule has 1 saturated heterocycles. The number of carbonyl (C=O) groups excluding carboxylic acids is 1. The average molecular weight is 434 g/mol. The summed E-state index contributed by atoms with van der Waals surface area (Å²) in [4.78, 5) is 12.5. The number of ketones is 1. The summed E-state index contributed by atoms with van der Waals surface area (Å²) in [5, 5.41) is 69.4. The van der Waals surface area contributed by atoms with Gasteiger partial charge < -0.3 is 45.2 Å². The largest absolute Gasteiger partial charge is 0.508 e. The number of phenols is 2. The highest BCUT2D eigenvalue weighted by Gasteiger charge is 2.44. The van der Waals surface area contributed by atoms with Crippen molar-refractivity contribution in [2.24, 2.45) is 0 Å². The van der Waals surface area contributed by atoms with Crippen LogP contribution >= 0.6 is 0 Å². The number of Topliss-reactive ketones (excluding diaryl/α,β-unsaturated/α-hetero) is 1. The second kappa shape index (κ2) is 8.08. The third kappa shape index (κ3) is 3.63. The lowest BCUT2D eigenvalue weighted by molar-refractivity contribution is -0.231. The Morgan fingerprint density at radius 3 is 2.06 bits per heavy atom. The van der Waals surface area contributed by atoms with Crippen LogP contribution in [0.1, 0.15) is 33.7 Å². The molecule has 0 spiro atoms. The molecule has 0 radical (unpaired) electrons. The number of fused-ring (bicyclic) bond motifs is 1. The second-order valence-electron chi connectivity index (χ2n) is 7.60. The maximum Gasteiger partial charge on any atom is 0.202 e. The summed E-state index contributed by atoms with van der Waals surface area (Å²) in [7, 11) is 0. The maximum atomic E-state index is 12.5. The molecule has 2 aromatic carbocycles. The van der Waals surface area contributed by atoms with E-state index in [0.717, 1.165) is 12.1 Å². The molecule has 4 rings (SSSR count). The van der Waals surface area contributed by atoms with Gasteiger partial charge in [0.05, 0.1) is 6.61 Å².